The summed E-state index contributed by atoms with van der Waals surface area (Å²) in [6.07, 6.45) is 0. The third-order valence-electron chi connectivity index (χ3n) is 19.4. The Hall–Kier alpha value is -10.0. The first-order valence-corrected chi connectivity index (χ1v) is 29.7. The minimum Gasteiger partial charge on any atom is -0.310 e. The fraction of sp³-hybridized carbons (Fsp3) is 0.0976. The van der Waals surface area contributed by atoms with Gasteiger partial charge >= 0.3 is 0 Å². The first kappa shape index (κ1) is 48.7. The van der Waals surface area contributed by atoms with Crippen LogP contribution in [0.5, 0.6) is 0 Å². The smallest absolute Gasteiger partial charge is 0.0468 e. The normalized spacial score (nSPS) is 13.8. The van der Waals surface area contributed by atoms with E-state index >= 15 is 0 Å². The van der Waals surface area contributed by atoms with Crippen molar-refractivity contribution >= 4 is 120 Å². The summed E-state index contributed by atoms with van der Waals surface area (Å²) in [5.41, 5.74) is 19.6. The highest BCUT2D eigenvalue weighted by Gasteiger charge is 2.39. The Morgan fingerprint density at radius 1 is 0.214 bits per heavy atom. The summed E-state index contributed by atoms with van der Waals surface area (Å²) < 4.78 is 0. The van der Waals surface area contributed by atoms with Gasteiger partial charge in [-0.25, -0.2) is 0 Å². The van der Waals surface area contributed by atoms with E-state index in [1.54, 1.807) is 0 Å². The molecule has 2 aliphatic rings. The number of hydrogen-bond donors (Lipinski definition) is 0. The summed E-state index contributed by atoms with van der Waals surface area (Å²) in [4.78, 5) is 4.90. The molecule has 0 atom stereocenters. The summed E-state index contributed by atoms with van der Waals surface area (Å²) in [7, 11) is 0. The molecule has 0 radical (unpaired) electrons. The zero-order chi connectivity index (χ0) is 56.3. The summed E-state index contributed by atoms with van der Waals surface area (Å²) >= 11 is 0. The minimum absolute atomic E-state index is 0.221. The number of rotatable bonds is 6. The lowest BCUT2D eigenvalue weighted by Gasteiger charge is -2.29. The number of hydrogen-bond acceptors (Lipinski definition) is 2. The molecule has 17 rings (SSSR count). The molecule has 0 spiro atoms. The molecule has 0 N–H and O–H groups in total. The van der Waals surface area contributed by atoms with E-state index < -0.39 is 0 Å². The van der Waals surface area contributed by atoms with E-state index in [9.17, 15) is 0 Å². The largest absolute Gasteiger partial charge is 0.310 e. The van der Waals surface area contributed by atoms with Gasteiger partial charge in [0.15, 0.2) is 0 Å². The molecule has 0 saturated carbocycles. The van der Waals surface area contributed by atoms with Crippen molar-refractivity contribution in [2.24, 2.45) is 0 Å². The molecule has 0 aromatic heterocycles. The molecule has 0 heterocycles. The van der Waals surface area contributed by atoms with Crippen molar-refractivity contribution in [2.45, 2.75) is 52.4 Å². The summed E-state index contributed by atoms with van der Waals surface area (Å²) in [6, 6.07) is 96.8. The van der Waals surface area contributed by atoms with Gasteiger partial charge in [-0.05, 0) is 254 Å². The molecule has 2 aliphatic carbocycles. The molecule has 0 saturated heterocycles. The van der Waals surface area contributed by atoms with E-state index in [4.69, 9.17) is 0 Å². The monoisotopic (exact) mass is 1070 g/mol. The topological polar surface area (TPSA) is 6.48 Å². The van der Waals surface area contributed by atoms with Crippen molar-refractivity contribution in [3.05, 3.63) is 288 Å². The van der Waals surface area contributed by atoms with Crippen molar-refractivity contribution in [1.82, 2.24) is 0 Å². The van der Waals surface area contributed by atoms with Crippen LogP contribution in [0.1, 0.15) is 61.1 Å². The van der Waals surface area contributed by atoms with Gasteiger partial charge in [-0.15, -0.1) is 0 Å². The van der Waals surface area contributed by atoms with Crippen molar-refractivity contribution < 1.29 is 0 Å². The third kappa shape index (κ3) is 7.10. The second-order valence-electron chi connectivity index (χ2n) is 25.0. The molecule has 0 aliphatic heterocycles. The maximum atomic E-state index is 2.50. The second-order valence-corrected chi connectivity index (χ2v) is 25.0. The van der Waals surface area contributed by atoms with E-state index in [1.165, 1.54) is 142 Å². The second kappa shape index (κ2) is 17.7. The average Bonchev–Trinajstić information content (AvgIpc) is 1.74. The van der Waals surface area contributed by atoms with Gasteiger partial charge < -0.3 is 9.80 Å². The Balaban J connectivity index is 0.757. The van der Waals surface area contributed by atoms with Crippen LogP contribution in [0.2, 0.25) is 0 Å². The Bertz CT molecular complexity index is 5000. The number of benzene rings is 15. The number of aryl methyl sites for hydroxylation is 2. The van der Waals surface area contributed by atoms with E-state index in [0.717, 1.165) is 34.1 Å². The van der Waals surface area contributed by atoms with Gasteiger partial charge in [0.25, 0.3) is 0 Å². The SMILES string of the molecule is Cc1ccc(N(c2ccc3c(c2)C(C)(C)c2cc4c5ccccc5c5ccccc5c4cc2-3)c2ccc3cc4cc(N(c5ccc(C)cc5)c5ccc6c(c5)C(C)(C)c5cc7c8ccccc8c8ccccc8c7cc5-6)ccc4cc3c2)cc1. The predicted molar refractivity (Wildman–Crippen MR) is 360 cm³/mol. The highest BCUT2D eigenvalue weighted by molar-refractivity contribution is 6.27. The van der Waals surface area contributed by atoms with E-state index in [2.05, 4.69) is 306 Å². The highest BCUT2D eigenvalue weighted by Crippen LogP contribution is 2.55. The Kier molecular flexibility index (Phi) is 10.3. The maximum absolute atomic E-state index is 2.50. The molecule has 15 aromatic carbocycles. The molecular weight excluding hydrogens is 1010 g/mol. The van der Waals surface area contributed by atoms with Gasteiger partial charge in [0.1, 0.15) is 0 Å². The van der Waals surface area contributed by atoms with Crippen molar-refractivity contribution in [3.8, 4) is 22.3 Å². The van der Waals surface area contributed by atoms with Gasteiger partial charge in [0.05, 0.1) is 0 Å². The van der Waals surface area contributed by atoms with Crippen LogP contribution in [0.3, 0.4) is 0 Å². The van der Waals surface area contributed by atoms with E-state index in [-0.39, 0.29) is 10.8 Å². The maximum Gasteiger partial charge on any atom is 0.0468 e. The molecule has 0 amide bonds. The van der Waals surface area contributed by atoms with Crippen LogP contribution in [-0.2, 0) is 10.8 Å². The fourth-order valence-electron chi connectivity index (χ4n) is 15.1. The lowest BCUT2D eigenvalue weighted by atomic mass is 9.81. The van der Waals surface area contributed by atoms with Gasteiger partial charge in [0, 0.05) is 45.0 Å². The molecule has 84 heavy (non-hydrogen) atoms. The predicted octanol–water partition coefficient (Wildman–Crippen LogP) is 23.1. The third-order valence-corrected chi connectivity index (χ3v) is 19.4. The molecule has 2 nitrogen and oxygen atoms in total. The Morgan fingerprint density at radius 2 is 0.488 bits per heavy atom. The van der Waals surface area contributed by atoms with Crippen molar-refractivity contribution in [3.63, 3.8) is 0 Å². The van der Waals surface area contributed by atoms with Gasteiger partial charge in [-0.3, -0.25) is 0 Å². The molecule has 15 aromatic rings. The van der Waals surface area contributed by atoms with Crippen LogP contribution in [0, 0.1) is 13.8 Å². The average molecular weight is 1070 g/mol. The highest BCUT2D eigenvalue weighted by atomic mass is 15.1. The van der Waals surface area contributed by atoms with Gasteiger partial charge in [-0.1, -0.05) is 184 Å². The minimum atomic E-state index is -0.221. The van der Waals surface area contributed by atoms with Crippen LogP contribution >= 0.6 is 0 Å². The van der Waals surface area contributed by atoms with Crippen molar-refractivity contribution in [2.75, 3.05) is 9.80 Å². The van der Waals surface area contributed by atoms with Gasteiger partial charge in [-0.2, -0.15) is 0 Å². The molecule has 398 valence electrons. The summed E-state index contributed by atoms with van der Waals surface area (Å²) in [5.74, 6) is 0. The lowest BCUT2D eigenvalue weighted by Crippen LogP contribution is -2.16. The van der Waals surface area contributed by atoms with Crippen molar-refractivity contribution in [1.29, 1.82) is 0 Å². The lowest BCUT2D eigenvalue weighted by molar-refractivity contribution is 0.661. The van der Waals surface area contributed by atoms with Crippen LogP contribution < -0.4 is 9.80 Å². The number of nitrogens with zero attached hydrogens (tertiary/aromatic N) is 2. The molecular formula is C82H60N2. The first-order valence-electron chi connectivity index (χ1n) is 29.7. The number of fused-ring (bicyclic) bond motifs is 20. The molecule has 0 fully saturated rings. The standard InChI is InChI=1S/C82H60N2/c1-49-23-29-55(30-24-49)83(59-35-37-69-75-45-71-65-19-11-7-15-61(65)63-17-9-13-21-67(63)73(71)47-79(75)81(3,4)77(69)43-59)57-33-27-51-40-54-42-58(34-28-52(54)39-53(51)41-57)84(56-31-25-50(2)26-32-56)60-36-38-70-76-46-72-66-20-12-8-16-62(66)64-18-10-14-22-68(64)74(72)48-80(76)82(5,6)78(70)44-60/h7-48H,1-6H3. The Labute approximate surface area is 490 Å². The van der Waals surface area contributed by atoms with E-state index in [1.807, 2.05) is 0 Å². The number of anilines is 6. The Morgan fingerprint density at radius 3 is 0.833 bits per heavy atom. The molecule has 0 bridgehead atoms. The molecule has 2 heteroatoms. The van der Waals surface area contributed by atoms with Gasteiger partial charge in [0.2, 0.25) is 0 Å². The van der Waals surface area contributed by atoms with Crippen LogP contribution in [0.15, 0.2) is 255 Å². The fourth-order valence-corrected chi connectivity index (χ4v) is 15.1. The summed E-state index contributed by atoms with van der Waals surface area (Å²) in [6.45, 7) is 14.0. The van der Waals surface area contributed by atoms with E-state index in [0.29, 0.717) is 0 Å². The molecule has 0 unspecified atom stereocenters. The first-order chi connectivity index (χ1) is 40.9. The zero-order valence-corrected chi connectivity index (χ0v) is 48.1. The van der Waals surface area contributed by atoms with Crippen LogP contribution in [0.25, 0.3) is 108 Å². The quantitative estimate of drug-likeness (QED) is 0.121. The van der Waals surface area contributed by atoms with Crippen LogP contribution in [0.4, 0.5) is 34.1 Å². The zero-order valence-electron chi connectivity index (χ0n) is 48.1. The van der Waals surface area contributed by atoms with Crippen LogP contribution in [-0.4, -0.2) is 0 Å². The summed E-state index contributed by atoms with van der Waals surface area (Å²) in [5, 5.41) is 20.5.